The lowest BCUT2D eigenvalue weighted by atomic mass is 10.1. The Morgan fingerprint density at radius 2 is 1.95 bits per heavy atom. The molecule has 0 saturated heterocycles. The lowest BCUT2D eigenvalue weighted by molar-refractivity contribution is -0.118. The van der Waals surface area contributed by atoms with E-state index >= 15 is 0 Å². The molecule has 4 heteroatoms. The topological polar surface area (TPSA) is 55.4 Å². The van der Waals surface area contributed by atoms with Gasteiger partial charge in [0.25, 0.3) is 0 Å². The highest BCUT2D eigenvalue weighted by Gasteiger charge is 2.09. The zero-order valence-corrected chi connectivity index (χ0v) is 11.5. The van der Waals surface area contributed by atoms with Crippen LogP contribution in [0.3, 0.4) is 0 Å². The summed E-state index contributed by atoms with van der Waals surface area (Å²) < 4.78 is 5.10. The summed E-state index contributed by atoms with van der Waals surface area (Å²) in [4.78, 5) is 22.7. The van der Waals surface area contributed by atoms with Crippen molar-refractivity contribution in [2.45, 2.75) is 45.8 Å². The Hall–Kier alpha value is -1.84. The minimum Gasteiger partial charge on any atom is -0.445 e. The van der Waals surface area contributed by atoms with Crippen molar-refractivity contribution in [2.75, 3.05) is 0 Å². The summed E-state index contributed by atoms with van der Waals surface area (Å²) in [6, 6.07) is 9.45. The van der Waals surface area contributed by atoms with Gasteiger partial charge in [-0.15, -0.1) is 0 Å². The largest absolute Gasteiger partial charge is 0.445 e. The summed E-state index contributed by atoms with van der Waals surface area (Å²) in [5, 5.41) is 2.72. The molecule has 1 rings (SSSR count). The molecule has 1 amide bonds. The molecule has 104 valence electrons. The third kappa shape index (κ3) is 6.60. The van der Waals surface area contributed by atoms with Gasteiger partial charge >= 0.3 is 6.09 Å². The van der Waals surface area contributed by atoms with E-state index in [1.807, 2.05) is 44.2 Å². The molecule has 0 unspecified atom stereocenters. The van der Waals surface area contributed by atoms with Crippen molar-refractivity contribution in [3.8, 4) is 0 Å². The number of ketones is 1. The van der Waals surface area contributed by atoms with E-state index in [2.05, 4.69) is 5.32 Å². The van der Waals surface area contributed by atoms with Crippen LogP contribution in [0.4, 0.5) is 4.79 Å². The molecule has 1 aromatic carbocycles. The quantitative estimate of drug-likeness (QED) is 0.822. The van der Waals surface area contributed by atoms with E-state index in [1.54, 1.807) is 0 Å². The van der Waals surface area contributed by atoms with Gasteiger partial charge in [0.05, 0.1) is 0 Å². The van der Waals surface area contributed by atoms with Gasteiger partial charge in [-0.2, -0.15) is 0 Å². The second-order valence-electron chi connectivity index (χ2n) is 4.54. The molecule has 1 N–H and O–H groups in total. The van der Waals surface area contributed by atoms with Gasteiger partial charge in [-0.3, -0.25) is 4.79 Å². The van der Waals surface area contributed by atoms with Crippen LogP contribution in [0.15, 0.2) is 30.3 Å². The lowest BCUT2D eigenvalue weighted by Crippen LogP contribution is -2.33. The monoisotopic (exact) mass is 263 g/mol. The van der Waals surface area contributed by atoms with Crippen molar-refractivity contribution in [1.29, 1.82) is 0 Å². The van der Waals surface area contributed by atoms with Crippen molar-refractivity contribution >= 4 is 11.9 Å². The number of rotatable bonds is 7. The van der Waals surface area contributed by atoms with Crippen LogP contribution in [0.5, 0.6) is 0 Å². The van der Waals surface area contributed by atoms with Crippen LogP contribution >= 0.6 is 0 Å². The first kappa shape index (κ1) is 15.2. The molecule has 4 nitrogen and oxygen atoms in total. The SMILES string of the molecule is CCC(=O)CC[C@H](C)NC(=O)OCc1ccccc1. The van der Waals surface area contributed by atoms with Crippen LogP contribution in [0.25, 0.3) is 0 Å². The number of hydrogen-bond donors (Lipinski definition) is 1. The summed E-state index contributed by atoms with van der Waals surface area (Å²) in [7, 11) is 0. The number of alkyl carbamates (subject to hydrolysis) is 1. The van der Waals surface area contributed by atoms with E-state index in [4.69, 9.17) is 4.74 Å². The van der Waals surface area contributed by atoms with Crippen molar-refractivity contribution in [2.24, 2.45) is 0 Å². The number of ether oxygens (including phenoxy) is 1. The van der Waals surface area contributed by atoms with E-state index in [0.29, 0.717) is 19.3 Å². The molecule has 19 heavy (non-hydrogen) atoms. The Labute approximate surface area is 114 Å². The van der Waals surface area contributed by atoms with Crippen molar-refractivity contribution in [1.82, 2.24) is 5.32 Å². The third-order valence-electron chi connectivity index (χ3n) is 2.83. The minimum atomic E-state index is -0.444. The second kappa shape index (κ2) is 8.29. The maximum absolute atomic E-state index is 11.5. The molecule has 0 aromatic heterocycles. The highest BCUT2D eigenvalue weighted by molar-refractivity contribution is 5.78. The first-order valence-corrected chi connectivity index (χ1v) is 6.60. The van der Waals surface area contributed by atoms with Gasteiger partial charge in [0.1, 0.15) is 12.4 Å². The van der Waals surface area contributed by atoms with Gasteiger partial charge in [0, 0.05) is 18.9 Å². The van der Waals surface area contributed by atoms with Crippen LogP contribution in [-0.4, -0.2) is 17.9 Å². The fourth-order valence-electron chi connectivity index (χ4n) is 1.59. The summed E-state index contributed by atoms with van der Waals surface area (Å²) >= 11 is 0. The number of Topliss-reactive ketones (excluding diaryl/α,β-unsaturated/α-hetero) is 1. The molecule has 0 spiro atoms. The number of benzene rings is 1. The van der Waals surface area contributed by atoms with Gasteiger partial charge in [-0.1, -0.05) is 37.3 Å². The Morgan fingerprint density at radius 1 is 1.26 bits per heavy atom. The fourth-order valence-corrected chi connectivity index (χ4v) is 1.59. The maximum atomic E-state index is 11.5. The van der Waals surface area contributed by atoms with E-state index < -0.39 is 6.09 Å². The molecule has 0 aliphatic carbocycles. The van der Waals surface area contributed by atoms with Gasteiger partial charge in [-0.05, 0) is 18.9 Å². The zero-order chi connectivity index (χ0) is 14.1. The molecule has 0 bridgehead atoms. The van der Waals surface area contributed by atoms with Gasteiger partial charge in [0.15, 0.2) is 0 Å². The molecule has 0 saturated carbocycles. The van der Waals surface area contributed by atoms with Crippen LogP contribution in [0.1, 0.15) is 38.7 Å². The van der Waals surface area contributed by atoms with E-state index in [1.165, 1.54) is 0 Å². The van der Waals surface area contributed by atoms with E-state index in [-0.39, 0.29) is 18.4 Å². The average Bonchev–Trinajstić information content (AvgIpc) is 2.43. The Balaban J connectivity index is 2.21. The van der Waals surface area contributed by atoms with Crippen LogP contribution in [-0.2, 0) is 16.1 Å². The molecular formula is C15H21NO3. The molecule has 0 radical (unpaired) electrons. The Morgan fingerprint density at radius 3 is 2.58 bits per heavy atom. The normalized spacial score (nSPS) is 11.7. The fraction of sp³-hybridized carbons (Fsp3) is 0.467. The molecular weight excluding hydrogens is 242 g/mol. The molecule has 1 atom stereocenters. The van der Waals surface area contributed by atoms with E-state index in [9.17, 15) is 9.59 Å². The smallest absolute Gasteiger partial charge is 0.407 e. The summed E-state index contributed by atoms with van der Waals surface area (Å²) in [6.07, 6.45) is 1.25. The number of hydrogen-bond acceptors (Lipinski definition) is 3. The summed E-state index contributed by atoms with van der Waals surface area (Å²) in [5.74, 6) is 0.214. The van der Waals surface area contributed by atoms with Gasteiger partial charge in [0.2, 0.25) is 0 Å². The molecule has 0 aliphatic rings. The molecule has 0 heterocycles. The summed E-state index contributed by atoms with van der Waals surface area (Å²) in [6.45, 7) is 3.97. The predicted octanol–water partition coefficient (Wildman–Crippen LogP) is 3.06. The van der Waals surface area contributed by atoms with E-state index in [0.717, 1.165) is 5.56 Å². The molecule has 1 aromatic rings. The lowest BCUT2D eigenvalue weighted by Gasteiger charge is -2.13. The average molecular weight is 263 g/mol. The molecule has 0 aliphatic heterocycles. The van der Waals surface area contributed by atoms with Gasteiger partial charge in [-0.25, -0.2) is 4.79 Å². The van der Waals surface area contributed by atoms with Crippen LogP contribution < -0.4 is 5.32 Å². The van der Waals surface area contributed by atoms with Crippen molar-refractivity contribution in [3.63, 3.8) is 0 Å². The first-order valence-electron chi connectivity index (χ1n) is 6.60. The van der Waals surface area contributed by atoms with Crippen molar-refractivity contribution < 1.29 is 14.3 Å². The Bertz CT molecular complexity index is 403. The predicted molar refractivity (Wildman–Crippen MR) is 73.8 cm³/mol. The number of carbonyl (C=O) groups excluding carboxylic acids is 2. The van der Waals surface area contributed by atoms with Crippen molar-refractivity contribution in [3.05, 3.63) is 35.9 Å². The first-order chi connectivity index (χ1) is 9.11. The highest BCUT2D eigenvalue weighted by Crippen LogP contribution is 2.03. The number of amides is 1. The summed E-state index contributed by atoms with van der Waals surface area (Å²) in [5.41, 5.74) is 0.950. The third-order valence-corrected chi connectivity index (χ3v) is 2.83. The molecule has 0 fully saturated rings. The van der Waals surface area contributed by atoms with Crippen LogP contribution in [0.2, 0.25) is 0 Å². The van der Waals surface area contributed by atoms with Crippen LogP contribution in [0, 0.1) is 0 Å². The zero-order valence-electron chi connectivity index (χ0n) is 11.5. The maximum Gasteiger partial charge on any atom is 0.407 e. The standard InChI is InChI=1S/C15H21NO3/c1-3-14(17)10-9-12(2)16-15(18)19-11-13-7-5-4-6-8-13/h4-8,12H,3,9-11H2,1-2H3,(H,16,18)/t12-/m0/s1. The highest BCUT2D eigenvalue weighted by atomic mass is 16.5. The van der Waals surface area contributed by atoms with Gasteiger partial charge < -0.3 is 10.1 Å². The second-order valence-corrected chi connectivity index (χ2v) is 4.54. The number of carbonyl (C=O) groups is 2. The number of nitrogens with one attached hydrogen (secondary N) is 1. The minimum absolute atomic E-state index is 0.0567. The Kier molecular flexibility index (Phi) is 6.64.